The molecule has 0 atom stereocenters. The largest absolute Gasteiger partial charge is 0.497 e. The van der Waals surface area contributed by atoms with E-state index in [9.17, 15) is 14.9 Å². The standard InChI is InChI=1S/C18H18N2O5/c1-24-14-8-9-15-13(11-14)5-4-10-19(15)18(21)12-25-17-7-3-2-6-16(17)20(22)23/h2-3,6-9,11H,4-5,10,12H2,1H3. The van der Waals surface area contributed by atoms with Gasteiger partial charge in [-0.15, -0.1) is 0 Å². The maximum atomic E-state index is 12.6. The maximum absolute atomic E-state index is 12.6. The minimum atomic E-state index is -0.526. The highest BCUT2D eigenvalue weighted by Crippen LogP contribution is 2.31. The highest BCUT2D eigenvalue weighted by atomic mass is 16.6. The molecule has 0 saturated carbocycles. The minimum absolute atomic E-state index is 0.0906. The van der Waals surface area contributed by atoms with Crippen LogP contribution in [0.2, 0.25) is 0 Å². The second-order valence-corrected chi connectivity index (χ2v) is 5.66. The highest BCUT2D eigenvalue weighted by Gasteiger charge is 2.24. The Morgan fingerprint density at radius 1 is 1.28 bits per heavy atom. The summed E-state index contributed by atoms with van der Waals surface area (Å²) in [5, 5.41) is 11.0. The number of hydrogen-bond acceptors (Lipinski definition) is 5. The Morgan fingerprint density at radius 3 is 2.84 bits per heavy atom. The molecule has 2 aromatic carbocycles. The molecule has 0 aromatic heterocycles. The number of aryl methyl sites for hydroxylation is 1. The van der Waals surface area contributed by atoms with Crippen LogP contribution >= 0.6 is 0 Å². The summed E-state index contributed by atoms with van der Waals surface area (Å²) >= 11 is 0. The van der Waals surface area contributed by atoms with Crippen molar-refractivity contribution in [3.05, 3.63) is 58.1 Å². The molecular weight excluding hydrogens is 324 g/mol. The predicted molar refractivity (Wildman–Crippen MR) is 92.3 cm³/mol. The van der Waals surface area contributed by atoms with Crippen molar-refractivity contribution in [1.29, 1.82) is 0 Å². The Hall–Kier alpha value is -3.09. The molecule has 2 aromatic rings. The number of ether oxygens (including phenoxy) is 2. The molecule has 0 bridgehead atoms. The van der Waals surface area contributed by atoms with Gasteiger partial charge in [0.15, 0.2) is 12.4 Å². The molecule has 0 spiro atoms. The Balaban J connectivity index is 1.74. The Labute approximate surface area is 144 Å². The normalized spacial score (nSPS) is 13.1. The first kappa shape index (κ1) is 16.8. The van der Waals surface area contributed by atoms with Gasteiger partial charge in [0, 0.05) is 18.3 Å². The summed E-state index contributed by atoms with van der Waals surface area (Å²) in [6, 6.07) is 11.6. The van der Waals surface area contributed by atoms with Crippen molar-refractivity contribution in [3.63, 3.8) is 0 Å². The summed E-state index contributed by atoms with van der Waals surface area (Å²) in [5.41, 5.74) is 1.73. The number of hydrogen-bond donors (Lipinski definition) is 0. The lowest BCUT2D eigenvalue weighted by atomic mass is 10.0. The maximum Gasteiger partial charge on any atom is 0.310 e. The number of para-hydroxylation sites is 2. The fourth-order valence-corrected chi connectivity index (χ4v) is 2.91. The zero-order chi connectivity index (χ0) is 17.8. The summed E-state index contributed by atoms with van der Waals surface area (Å²) in [4.78, 5) is 24.7. The first-order valence-corrected chi connectivity index (χ1v) is 7.93. The van der Waals surface area contributed by atoms with Crippen LogP contribution in [-0.4, -0.2) is 31.1 Å². The quantitative estimate of drug-likeness (QED) is 0.616. The second kappa shape index (κ2) is 7.21. The molecule has 0 N–H and O–H groups in total. The van der Waals surface area contributed by atoms with E-state index in [0.29, 0.717) is 6.54 Å². The average Bonchev–Trinajstić information content (AvgIpc) is 2.65. The van der Waals surface area contributed by atoms with E-state index in [-0.39, 0.29) is 24.0 Å². The Morgan fingerprint density at radius 2 is 2.08 bits per heavy atom. The first-order valence-electron chi connectivity index (χ1n) is 7.93. The zero-order valence-corrected chi connectivity index (χ0v) is 13.8. The van der Waals surface area contributed by atoms with Crippen molar-refractivity contribution in [1.82, 2.24) is 0 Å². The number of fused-ring (bicyclic) bond motifs is 1. The van der Waals surface area contributed by atoms with Gasteiger partial charge in [-0.1, -0.05) is 12.1 Å². The van der Waals surface area contributed by atoms with Gasteiger partial charge in [0.1, 0.15) is 5.75 Å². The van der Waals surface area contributed by atoms with E-state index in [0.717, 1.165) is 29.8 Å². The molecule has 7 heteroatoms. The van der Waals surface area contributed by atoms with Gasteiger partial charge in [-0.25, -0.2) is 0 Å². The third-order valence-electron chi connectivity index (χ3n) is 4.12. The summed E-state index contributed by atoms with van der Waals surface area (Å²) in [6.07, 6.45) is 1.72. The topological polar surface area (TPSA) is 81.9 Å². The van der Waals surface area contributed by atoms with Crippen LogP contribution in [0, 0.1) is 10.1 Å². The molecule has 1 aliphatic rings. The van der Waals surface area contributed by atoms with Crippen LogP contribution in [0.3, 0.4) is 0 Å². The van der Waals surface area contributed by atoms with Crippen molar-refractivity contribution < 1.29 is 19.2 Å². The van der Waals surface area contributed by atoms with Gasteiger partial charge >= 0.3 is 5.69 Å². The fourth-order valence-electron chi connectivity index (χ4n) is 2.91. The lowest BCUT2D eigenvalue weighted by Gasteiger charge is -2.29. The molecule has 130 valence electrons. The smallest absolute Gasteiger partial charge is 0.310 e. The van der Waals surface area contributed by atoms with E-state index >= 15 is 0 Å². The number of nitrogens with zero attached hydrogens (tertiary/aromatic N) is 2. The van der Waals surface area contributed by atoms with Gasteiger partial charge in [0.05, 0.1) is 12.0 Å². The van der Waals surface area contributed by atoms with Gasteiger partial charge in [0.2, 0.25) is 0 Å². The molecule has 3 rings (SSSR count). The molecule has 0 fully saturated rings. The number of carbonyl (C=O) groups excluding carboxylic acids is 1. The SMILES string of the molecule is COc1ccc2c(c1)CCCN2C(=O)COc1ccccc1[N+](=O)[O-]. The average molecular weight is 342 g/mol. The van der Waals surface area contributed by atoms with E-state index in [1.54, 1.807) is 24.1 Å². The monoisotopic (exact) mass is 342 g/mol. The van der Waals surface area contributed by atoms with Gasteiger partial charge in [-0.3, -0.25) is 14.9 Å². The van der Waals surface area contributed by atoms with E-state index in [1.807, 2.05) is 18.2 Å². The van der Waals surface area contributed by atoms with Crippen LogP contribution < -0.4 is 14.4 Å². The predicted octanol–water partition coefficient (Wildman–Crippen LogP) is 2.96. The van der Waals surface area contributed by atoms with Crippen LogP contribution in [0.15, 0.2) is 42.5 Å². The number of amides is 1. The number of rotatable bonds is 5. The highest BCUT2D eigenvalue weighted by molar-refractivity contribution is 5.95. The summed E-state index contributed by atoms with van der Waals surface area (Å²) in [5.74, 6) is 0.612. The second-order valence-electron chi connectivity index (χ2n) is 5.66. The van der Waals surface area contributed by atoms with Crippen LogP contribution in [0.5, 0.6) is 11.5 Å². The van der Waals surface area contributed by atoms with Crippen LogP contribution in [-0.2, 0) is 11.2 Å². The minimum Gasteiger partial charge on any atom is -0.497 e. The number of methoxy groups -OCH3 is 1. The molecule has 1 amide bonds. The lowest BCUT2D eigenvalue weighted by Crippen LogP contribution is -2.38. The molecule has 25 heavy (non-hydrogen) atoms. The Kier molecular flexibility index (Phi) is 4.83. The molecule has 0 saturated heterocycles. The van der Waals surface area contributed by atoms with E-state index in [4.69, 9.17) is 9.47 Å². The molecule has 1 aliphatic heterocycles. The molecule has 0 radical (unpaired) electrons. The first-order chi connectivity index (χ1) is 12.1. The number of benzene rings is 2. The van der Waals surface area contributed by atoms with Crippen LogP contribution in [0.1, 0.15) is 12.0 Å². The summed E-state index contributed by atoms with van der Waals surface area (Å²) < 4.78 is 10.6. The zero-order valence-electron chi connectivity index (χ0n) is 13.8. The lowest BCUT2D eigenvalue weighted by molar-refractivity contribution is -0.385. The van der Waals surface area contributed by atoms with Gasteiger partial charge in [-0.05, 0) is 42.7 Å². The Bertz CT molecular complexity index is 806. The number of nitro benzene ring substituents is 1. The molecule has 7 nitrogen and oxygen atoms in total. The number of nitro groups is 1. The van der Waals surface area contributed by atoms with Crippen molar-refractivity contribution >= 4 is 17.3 Å². The molecular formula is C18H18N2O5. The fraction of sp³-hybridized carbons (Fsp3) is 0.278. The molecule has 0 aliphatic carbocycles. The molecule has 0 unspecified atom stereocenters. The van der Waals surface area contributed by atoms with Crippen molar-refractivity contribution in [2.75, 3.05) is 25.2 Å². The van der Waals surface area contributed by atoms with E-state index < -0.39 is 4.92 Å². The van der Waals surface area contributed by atoms with E-state index in [2.05, 4.69) is 0 Å². The summed E-state index contributed by atoms with van der Waals surface area (Å²) in [6.45, 7) is 0.342. The van der Waals surface area contributed by atoms with Crippen molar-refractivity contribution in [2.45, 2.75) is 12.8 Å². The number of anilines is 1. The molecule has 1 heterocycles. The summed E-state index contributed by atoms with van der Waals surface area (Å²) in [7, 11) is 1.61. The van der Waals surface area contributed by atoms with Crippen LogP contribution in [0.4, 0.5) is 11.4 Å². The third-order valence-corrected chi connectivity index (χ3v) is 4.12. The number of carbonyl (C=O) groups is 1. The van der Waals surface area contributed by atoms with E-state index in [1.165, 1.54) is 12.1 Å². The van der Waals surface area contributed by atoms with Gasteiger partial charge in [-0.2, -0.15) is 0 Å². The van der Waals surface area contributed by atoms with Crippen molar-refractivity contribution in [2.24, 2.45) is 0 Å². The van der Waals surface area contributed by atoms with Crippen LogP contribution in [0.25, 0.3) is 0 Å². The van der Waals surface area contributed by atoms with Crippen molar-refractivity contribution in [3.8, 4) is 11.5 Å². The third kappa shape index (κ3) is 3.55. The van der Waals surface area contributed by atoms with Gasteiger partial charge in [0.25, 0.3) is 5.91 Å². The van der Waals surface area contributed by atoms with Gasteiger partial charge < -0.3 is 14.4 Å².